The van der Waals surface area contributed by atoms with E-state index < -0.39 is 5.63 Å². The average Bonchev–Trinajstić information content (AvgIpc) is 3.30. The van der Waals surface area contributed by atoms with Gasteiger partial charge in [0.2, 0.25) is 0 Å². The van der Waals surface area contributed by atoms with Crippen LogP contribution in [0.15, 0.2) is 27.4 Å². The molecule has 1 aliphatic rings. The Labute approximate surface area is 138 Å². The summed E-state index contributed by atoms with van der Waals surface area (Å²) in [5, 5.41) is 4.02. The third-order valence-corrected chi connectivity index (χ3v) is 4.38. The normalized spacial score (nSPS) is 15.4. The Balaban J connectivity index is 1.73. The van der Waals surface area contributed by atoms with Crippen molar-refractivity contribution < 1.29 is 13.9 Å². The van der Waals surface area contributed by atoms with E-state index in [2.05, 4.69) is 5.32 Å². The van der Waals surface area contributed by atoms with Gasteiger partial charge in [0.1, 0.15) is 11.3 Å². The molecule has 6 heteroatoms. The Morgan fingerprint density at radius 1 is 1.43 bits per heavy atom. The molecule has 1 saturated carbocycles. The summed E-state index contributed by atoms with van der Waals surface area (Å²) in [6, 6.07) is 4.80. The largest absolute Gasteiger partial charge is 0.482 e. The quantitative estimate of drug-likeness (QED) is 0.853. The standard InChI is InChI=1S/C17H18ClNO4/c1-9-5-17(21)23-14-7-15(13(18)6-12(9)14)22-8-16(20)19-10(2)11-3-4-11/h5-7,10-11H,3-4,8H2,1-2H3,(H,19,20)/t10-/m0/s1. The van der Waals surface area contributed by atoms with Gasteiger partial charge in [-0.25, -0.2) is 4.79 Å². The number of hydrogen-bond acceptors (Lipinski definition) is 4. The van der Waals surface area contributed by atoms with Crippen LogP contribution in [0.3, 0.4) is 0 Å². The van der Waals surface area contributed by atoms with Crippen molar-refractivity contribution in [1.82, 2.24) is 5.32 Å². The van der Waals surface area contributed by atoms with E-state index in [0.29, 0.717) is 22.3 Å². The summed E-state index contributed by atoms with van der Waals surface area (Å²) in [4.78, 5) is 23.3. The van der Waals surface area contributed by atoms with Crippen molar-refractivity contribution in [2.45, 2.75) is 32.7 Å². The smallest absolute Gasteiger partial charge is 0.336 e. The molecule has 0 radical (unpaired) electrons. The lowest BCUT2D eigenvalue weighted by molar-refractivity contribution is -0.123. The highest BCUT2D eigenvalue weighted by atomic mass is 35.5. The molecule has 1 N–H and O–H groups in total. The zero-order valence-corrected chi connectivity index (χ0v) is 13.8. The molecule has 23 heavy (non-hydrogen) atoms. The summed E-state index contributed by atoms with van der Waals surface area (Å²) in [6.45, 7) is 3.68. The van der Waals surface area contributed by atoms with Gasteiger partial charge in [0.05, 0.1) is 5.02 Å². The number of rotatable bonds is 5. The van der Waals surface area contributed by atoms with Gasteiger partial charge in [-0.3, -0.25) is 4.79 Å². The molecule has 1 amide bonds. The van der Waals surface area contributed by atoms with Gasteiger partial charge >= 0.3 is 5.63 Å². The number of hydrogen-bond donors (Lipinski definition) is 1. The number of benzene rings is 1. The molecule has 0 unspecified atom stereocenters. The summed E-state index contributed by atoms with van der Waals surface area (Å²) in [7, 11) is 0. The zero-order chi connectivity index (χ0) is 16.6. The Kier molecular flexibility index (Phi) is 4.31. The van der Waals surface area contributed by atoms with E-state index in [0.717, 1.165) is 23.8 Å². The second-order valence-corrected chi connectivity index (χ2v) is 6.42. The number of fused-ring (bicyclic) bond motifs is 1. The summed E-state index contributed by atoms with van der Waals surface area (Å²) >= 11 is 6.19. The average molecular weight is 336 g/mol. The van der Waals surface area contributed by atoms with Crippen molar-refractivity contribution in [2.75, 3.05) is 6.61 Å². The van der Waals surface area contributed by atoms with Gasteiger partial charge in [0.15, 0.2) is 6.61 Å². The molecular weight excluding hydrogens is 318 g/mol. The van der Waals surface area contributed by atoms with Crippen LogP contribution in [0, 0.1) is 12.8 Å². The lowest BCUT2D eigenvalue weighted by Gasteiger charge is -2.14. The van der Waals surface area contributed by atoms with E-state index in [9.17, 15) is 9.59 Å². The molecule has 0 spiro atoms. The van der Waals surface area contributed by atoms with E-state index in [4.69, 9.17) is 20.8 Å². The van der Waals surface area contributed by atoms with Crippen LogP contribution in [-0.2, 0) is 4.79 Å². The Bertz CT molecular complexity index is 810. The number of aryl methyl sites for hydroxylation is 1. The summed E-state index contributed by atoms with van der Waals surface area (Å²) in [5.74, 6) is 0.717. The Hall–Kier alpha value is -2.01. The molecule has 5 nitrogen and oxygen atoms in total. The molecule has 0 aliphatic heterocycles. The zero-order valence-electron chi connectivity index (χ0n) is 13.0. The highest BCUT2D eigenvalue weighted by Gasteiger charge is 2.28. The summed E-state index contributed by atoms with van der Waals surface area (Å²) < 4.78 is 10.6. The van der Waals surface area contributed by atoms with Gasteiger partial charge in [-0.1, -0.05) is 11.6 Å². The predicted octanol–water partition coefficient (Wildman–Crippen LogP) is 3.05. The maximum Gasteiger partial charge on any atom is 0.336 e. The van der Waals surface area contributed by atoms with E-state index in [1.807, 2.05) is 13.8 Å². The second kappa shape index (κ2) is 6.24. The van der Waals surface area contributed by atoms with E-state index >= 15 is 0 Å². The lowest BCUT2D eigenvalue weighted by atomic mass is 10.1. The molecule has 2 aromatic rings. The molecule has 0 bridgehead atoms. The number of nitrogens with one attached hydrogen (secondary N) is 1. The first-order valence-corrected chi connectivity index (χ1v) is 7.98. The van der Waals surface area contributed by atoms with Crippen LogP contribution >= 0.6 is 11.6 Å². The van der Waals surface area contributed by atoms with Crippen molar-refractivity contribution in [2.24, 2.45) is 5.92 Å². The third kappa shape index (κ3) is 3.67. The van der Waals surface area contributed by atoms with Crippen molar-refractivity contribution >= 4 is 28.5 Å². The maximum atomic E-state index is 11.9. The Morgan fingerprint density at radius 3 is 2.87 bits per heavy atom. The van der Waals surface area contributed by atoms with Crippen LogP contribution in [0.4, 0.5) is 0 Å². The fourth-order valence-corrected chi connectivity index (χ4v) is 2.80. The highest BCUT2D eigenvalue weighted by Crippen LogP contribution is 2.32. The first-order chi connectivity index (χ1) is 10.9. The predicted molar refractivity (Wildman–Crippen MR) is 88.1 cm³/mol. The monoisotopic (exact) mass is 335 g/mol. The van der Waals surface area contributed by atoms with E-state index in [1.54, 1.807) is 12.1 Å². The van der Waals surface area contributed by atoms with Crippen LogP contribution in [0.1, 0.15) is 25.3 Å². The van der Waals surface area contributed by atoms with Crippen molar-refractivity contribution in [3.63, 3.8) is 0 Å². The van der Waals surface area contributed by atoms with Gasteiger partial charge in [-0.2, -0.15) is 0 Å². The van der Waals surface area contributed by atoms with Gasteiger partial charge in [0.25, 0.3) is 5.91 Å². The van der Waals surface area contributed by atoms with Gasteiger partial charge < -0.3 is 14.5 Å². The number of amides is 1. The molecule has 1 aliphatic carbocycles. The molecule has 1 aromatic heterocycles. The van der Waals surface area contributed by atoms with Crippen molar-refractivity contribution in [1.29, 1.82) is 0 Å². The number of halogens is 1. The molecular formula is C17H18ClNO4. The van der Waals surface area contributed by atoms with Gasteiger partial charge in [0, 0.05) is 23.6 Å². The lowest BCUT2D eigenvalue weighted by Crippen LogP contribution is -2.37. The summed E-state index contributed by atoms with van der Waals surface area (Å²) in [5.41, 5.74) is 0.737. The molecule has 1 heterocycles. The molecule has 1 atom stereocenters. The minimum atomic E-state index is -0.431. The molecule has 3 rings (SSSR count). The fourth-order valence-electron chi connectivity index (χ4n) is 2.58. The van der Waals surface area contributed by atoms with Crippen LogP contribution in [0.2, 0.25) is 5.02 Å². The molecule has 1 fully saturated rings. The van der Waals surface area contributed by atoms with Crippen LogP contribution in [0.25, 0.3) is 11.0 Å². The topological polar surface area (TPSA) is 68.5 Å². The molecule has 122 valence electrons. The van der Waals surface area contributed by atoms with E-state index in [1.165, 1.54) is 6.07 Å². The first-order valence-electron chi connectivity index (χ1n) is 7.60. The Morgan fingerprint density at radius 2 is 2.17 bits per heavy atom. The third-order valence-electron chi connectivity index (χ3n) is 4.08. The number of carbonyl (C=O) groups is 1. The molecule has 1 aromatic carbocycles. The fraction of sp³-hybridized carbons (Fsp3) is 0.412. The van der Waals surface area contributed by atoms with Crippen LogP contribution < -0.4 is 15.7 Å². The van der Waals surface area contributed by atoms with E-state index in [-0.39, 0.29) is 18.6 Å². The van der Waals surface area contributed by atoms with Crippen LogP contribution in [0.5, 0.6) is 5.75 Å². The second-order valence-electron chi connectivity index (χ2n) is 6.01. The summed E-state index contributed by atoms with van der Waals surface area (Å²) in [6.07, 6.45) is 2.33. The maximum absolute atomic E-state index is 11.9. The minimum absolute atomic E-state index is 0.127. The SMILES string of the molecule is Cc1cc(=O)oc2cc(OCC(=O)N[C@@H](C)C3CC3)c(Cl)cc12. The van der Waals surface area contributed by atoms with Gasteiger partial charge in [-0.05, 0) is 44.2 Å². The highest BCUT2D eigenvalue weighted by molar-refractivity contribution is 6.32. The first kappa shape index (κ1) is 15.9. The minimum Gasteiger partial charge on any atom is -0.482 e. The van der Waals surface area contributed by atoms with Gasteiger partial charge in [-0.15, -0.1) is 0 Å². The van der Waals surface area contributed by atoms with Crippen molar-refractivity contribution in [3.8, 4) is 5.75 Å². The number of ether oxygens (including phenoxy) is 1. The molecule has 0 saturated heterocycles. The number of carbonyl (C=O) groups excluding carboxylic acids is 1. The van der Waals surface area contributed by atoms with Crippen molar-refractivity contribution in [3.05, 3.63) is 39.2 Å². The van der Waals surface area contributed by atoms with Crippen LogP contribution in [-0.4, -0.2) is 18.6 Å².